The van der Waals surface area contributed by atoms with Gasteiger partial charge in [0.2, 0.25) is 0 Å². The number of likely N-dealkylation sites (tertiary alicyclic amines) is 1. The van der Waals surface area contributed by atoms with Gasteiger partial charge in [-0.15, -0.1) is 0 Å². The quantitative estimate of drug-likeness (QED) is 0.416. The van der Waals surface area contributed by atoms with Gasteiger partial charge in [0.25, 0.3) is 0 Å². The van der Waals surface area contributed by atoms with Crippen molar-refractivity contribution in [3.05, 3.63) is 0 Å². The van der Waals surface area contributed by atoms with Crippen LogP contribution in [-0.4, -0.2) is 46.3 Å². The molecule has 0 aliphatic carbocycles. The van der Waals surface area contributed by atoms with Gasteiger partial charge in [0, 0.05) is 19.3 Å². The van der Waals surface area contributed by atoms with Crippen LogP contribution >= 0.6 is 0 Å². The molecule has 0 radical (unpaired) electrons. The smallest absolute Gasteiger partial charge is 0.0981 e. The zero-order valence-electron chi connectivity index (χ0n) is 9.23. The van der Waals surface area contributed by atoms with E-state index in [4.69, 9.17) is 0 Å². The molecule has 1 heterocycles. The van der Waals surface area contributed by atoms with Gasteiger partial charge in [-0.25, -0.2) is 0 Å². The Kier molecular flexibility index (Phi) is 4.70. The SMILES string of the molecule is C[NH+]1CCC([NH+](C)CCC[NH3+])CC1. The van der Waals surface area contributed by atoms with Gasteiger partial charge in [0.1, 0.15) is 0 Å². The molecule has 0 amide bonds. The first-order valence-corrected chi connectivity index (χ1v) is 5.67. The zero-order chi connectivity index (χ0) is 9.68. The highest BCUT2D eigenvalue weighted by molar-refractivity contribution is 4.58. The molecule has 0 aromatic carbocycles. The third kappa shape index (κ3) is 3.63. The Labute approximate surface area is 81.9 Å². The van der Waals surface area contributed by atoms with Gasteiger partial charge in [-0.3, -0.25) is 0 Å². The van der Waals surface area contributed by atoms with Crippen molar-refractivity contribution < 1.29 is 15.5 Å². The van der Waals surface area contributed by atoms with Gasteiger partial charge in [0.15, 0.2) is 0 Å². The fourth-order valence-electron chi connectivity index (χ4n) is 2.21. The summed E-state index contributed by atoms with van der Waals surface area (Å²) in [5.41, 5.74) is 3.90. The minimum absolute atomic E-state index is 0.926. The summed E-state index contributed by atoms with van der Waals surface area (Å²) in [6.07, 6.45) is 4.11. The molecule has 1 aliphatic heterocycles. The van der Waals surface area contributed by atoms with Gasteiger partial charge in [-0.05, 0) is 0 Å². The molecule has 0 aromatic rings. The van der Waals surface area contributed by atoms with Crippen LogP contribution in [0.1, 0.15) is 19.3 Å². The average molecular weight is 188 g/mol. The average Bonchev–Trinajstić information content (AvgIpc) is 2.15. The largest absolute Gasteiger partial charge is 0.357 e. The fourth-order valence-corrected chi connectivity index (χ4v) is 2.21. The molecular formula is C10H26N3+3. The van der Waals surface area contributed by atoms with Crippen LogP contribution in [0.15, 0.2) is 0 Å². The highest BCUT2D eigenvalue weighted by atomic mass is 15.2. The van der Waals surface area contributed by atoms with Crippen LogP contribution in [0.2, 0.25) is 0 Å². The maximum absolute atomic E-state index is 3.90. The second-order valence-electron chi connectivity index (χ2n) is 4.53. The van der Waals surface area contributed by atoms with E-state index in [-0.39, 0.29) is 0 Å². The summed E-state index contributed by atoms with van der Waals surface area (Å²) in [7, 11) is 4.66. The Bertz CT molecular complexity index is 130. The lowest BCUT2D eigenvalue weighted by Gasteiger charge is -2.30. The molecule has 5 N–H and O–H groups in total. The molecule has 13 heavy (non-hydrogen) atoms. The van der Waals surface area contributed by atoms with E-state index in [2.05, 4.69) is 19.8 Å². The first kappa shape index (κ1) is 11.0. The predicted molar refractivity (Wildman–Crippen MR) is 53.8 cm³/mol. The molecule has 0 bridgehead atoms. The van der Waals surface area contributed by atoms with Crippen LogP contribution < -0.4 is 15.5 Å². The van der Waals surface area contributed by atoms with Crippen LogP contribution in [0.4, 0.5) is 0 Å². The van der Waals surface area contributed by atoms with E-state index in [0.29, 0.717) is 0 Å². The molecule has 3 nitrogen and oxygen atoms in total. The first-order valence-electron chi connectivity index (χ1n) is 5.67. The van der Waals surface area contributed by atoms with Gasteiger partial charge in [0.05, 0.1) is 46.3 Å². The van der Waals surface area contributed by atoms with E-state index in [9.17, 15) is 0 Å². The zero-order valence-corrected chi connectivity index (χ0v) is 9.23. The Morgan fingerprint density at radius 3 is 2.54 bits per heavy atom. The van der Waals surface area contributed by atoms with Crippen LogP contribution in [0, 0.1) is 0 Å². The molecule has 1 aliphatic rings. The summed E-state index contributed by atoms with van der Waals surface area (Å²) < 4.78 is 0. The van der Waals surface area contributed by atoms with E-state index in [1.807, 2.05) is 0 Å². The number of hydrogen-bond donors (Lipinski definition) is 3. The second kappa shape index (κ2) is 5.58. The van der Waals surface area contributed by atoms with Crippen molar-refractivity contribution in [2.45, 2.75) is 25.3 Å². The number of rotatable bonds is 4. The molecule has 1 rings (SSSR count). The topological polar surface area (TPSA) is 36.5 Å². The van der Waals surface area contributed by atoms with Crippen LogP contribution in [0.5, 0.6) is 0 Å². The van der Waals surface area contributed by atoms with E-state index < -0.39 is 0 Å². The van der Waals surface area contributed by atoms with Crippen molar-refractivity contribution in [2.24, 2.45) is 0 Å². The molecule has 1 unspecified atom stereocenters. The Hall–Kier alpha value is -0.120. The van der Waals surface area contributed by atoms with Crippen molar-refractivity contribution >= 4 is 0 Å². The van der Waals surface area contributed by atoms with E-state index >= 15 is 0 Å². The molecule has 1 saturated heterocycles. The number of quaternary nitrogens is 3. The fraction of sp³-hybridized carbons (Fsp3) is 1.00. The predicted octanol–water partition coefficient (Wildman–Crippen LogP) is -3.19. The lowest BCUT2D eigenvalue weighted by molar-refractivity contribution is -0.939. The molecule has 0 spiro atoms. The summed E-state index contributed by atoms with van der Waals surface area (Å²) in [6.45, 7) is 5.14. The summed E-state index contributed by atoms with van der Waals surface area (Å²) in [5, 5.41) is 0. The van der Waals surface area contributed by atoms with E-state index in [1.54, 1.807) is 9.80 Å². The summed E-state index contributed by atoms with van der Waals surface area (Å²) in [5.74, 6) is 0. The van der Waals surface area contributed by atoms with Crippen molar-refractivity contribution in [3.8, 4) is 0 Å². The monoisotopic (exact) mass is 188 g/mol. The molecule has 0 saturated carbocycles. The highest BCUT2D eigenvalue weighted by Gasteiger charge is 2.25. The number of piperidine rings is 1. The maximum atomic E-state index is 3.90. The third-order valence-electron chi connectivity index (χ3n) is 3.36. The molecule has 1 fully saturated rings. The highest BCUT2D eigenvalue weighted by Crippen LogP contribution is 1.93. The summed E-state index contributed by atoms with van der Waals surface area (Å²) in [4.78, 5) is 3.44. The Morgan fingerprint density at radius 1 is 1.38 bits per heavy atom. The summed E-state index contributed by atoms with van der Waals surface area (Å²) >= 11 is 0. The number of hydrogen-bond acceptors (Lipinski definition) is 0. The van der Waals surface area contributed by atoms with Gasteiger partial charge in [-0.2, -0.15) is 0 Å². The van der Waals surface area contributed by atoms with Crippen molar-refractivity contribution in [1.29, 1.82) is 0 Å². The maximum Gasteiger partial charge on any atom is 0.0981 e. The second-order valence-corrected chi connectivity index (χ2v) is 4.53. The minimum Gasteiger partial charge on any atom is -0.357 e. The van der Waals surface area contributed by atoms with Crippen LogP contribution in [0.3, 0.4) is 0 Å². The van der Waals surface area contributed by atoms with E-state index in [0.717, 1.165) is 12.6 Å². The van der Waals surface area contributed by atoms with Crippen LogP contribution in [-0.2, 0) is 0 Å². The van der Waals surface area contributed by atoms with Crippen molar-refractivity contribution in [1.82, 2.24) is 0 Å². The van der Waals surface area contributed by atoms with Gasteiger partial charge < -0.3 is 15.5 Å². The normalized spacial score (nSPS) is 31.6. The molecule has 3 heteroatoms. The van der Waals surface area contributed by atoms with Gasteiger partial charge in [-0.1, -0.05) is 0 Å². The number of nitrogens with one attached hydrogen (secondary N) is 2. The van der Waals surface area contributed by atoms with E-state index in [1.165, 1.54) is 38.9 Å². The lowest BCUT2D eigenvalue weighted by Crippen LogP contribution is -3.18. The summed E-state index contributed by atoms with van der Waals surface area (Å²) in [6, 6.07) is 0.926. The van der Waals surface area contributed by atoms with Crippen molar-refractivity contribution in [2.75, 3.05) is 40.3 Å². The minimum atomic E-state index is 0.926. The standard InChI is InChI=1S/C10H23N3/c1-12-8-4-10(5-9-12)13(2)7-3-6-11/h10H,3-9,11H2,1-2H3/p+3. The van der Waals surface area contributed by atoms with Crippen LogP contribution in [0.25, 0.3) is 0 Å². The Morgan fingerprint density at radius 2 is 2.00 bits per heavy atom. The Balaban J connectivity index is 2.19. The molecule has 0 aromatic heterocycles. The first-order chi connectivity index (χ1) is 6.24. The molecular weight excluding hydrogens is 162 g/mol. The molecule has 1 atom stereocenters. The third-order valence-corrected chi connectivity index (χ3v) is 3.36. The van der Waals surface area contributed by atoms with Gasteiger partial charge >= 0.3 is 0 Å². The van der Waals surface area contributed by atoms with Crippen molar-refractivity contribution in [3.63, 3.8) is 0 Å². The lowest BCUT2D eigenvalue weighted by atomic mass is 10.0. The molecule has 78 valence electrons.